The largest absolute Gasteiger partial charge is 0.470 e. The van der Waals surface area contributed by atoms with Crippen molar-refractivity contribution in [3.8, 4) is 11.7 Å². The molecule has 3 fully saturated rings. The van der Waals surface area contributed by atoms with E-state index in [0.717, 1.165) is 12.0 Å². The third-order valence-electron chi connectivity index (χ3n) is 6.22. The number of ether oxygens (including phenoxy) is 1. The van der Waals surface area contributed by atoms with Crippen LogP contribution in [-0.2, 0) is 6.18 Å². The predicted molar refractivity (Wildman–Crippen MR) is 110 cm³/mol. The Morgan fingerprint density at radius 3 is 2.56 bits per heavy atom. The number of aryl methyl sites for hydroxylation is 1. The normalized spacial score (nSPS) is 22.1. The van der Waals surface area contributed by atoms with E-state index < -0.39 is 29.5 Å². The quantitative estimate of drug-likeness (QED) is 0.535. The van der Waals surface area contributed by atoms with Gasteiger partial charge >= 0.3 is 6.18 Å². The van der Waals surface area contributed by atoms with Gasteiger partial charge in [-0.25, -0.2) is 14.4 Å². The van der Waals surface area contributed by atoms with Crippen molar-refractivity contribution >= 4 is 5.91 Å². The smallest absolute Gasteiger partial charge is 0.417 e. The summed E-state index contributed by atoms with van der Waals surface area (Å²) < 4.78 is 58.6. The maximum Gasteiger partial charge on any atom is 0.417 e. The van der Waals surface area contributed by atoms with Gasteiger partial charge in [0, 0.05) is 18.9 Å². The molecule has 0 unspecified atom stereocenters. The van der Waals surface area contributed by atoms with Crippen molar-refractivity contribution in [1.82, 2.24) is 29.9 Å². The molecule has 8 nitrogen and oxygen atoms in total. The molecule has 0 aromatic carbocycles. The van der Waals surface area contributed by atoms with Gasteiger partial charge in [-0.2, -0.15) is 23.4 Å². The summed E-state index contributed by atoms with van der Waals surface area (Å²) in [7, 11) is 0. The Hall–Kier alpha value is -3.57. The van der Waals surface area contributed by atoms with Gasteiger partial charge in [0.2, 0.25) is 0 Å². The SMILES string of the molecule is Cc1cnc(-n2nccn2)c(C(=O)N2C[C@@H]3CC[C@H]2[C@H](Oc2ncc(C(F)(F)F)cc2F)C3)c1. The first-order chi connectivity index (χ1) is 16.2. The van der Waals surface area contributed by atoms with E-state index in [1.165, 1.54) is 17.2 Å². The van der Waals surface area contributed by atoms with Crippen LogP contribution in [0.2, 0.25) is 0 Å². The molecule has 0 radical (unpaired) electrons. The molecule has 34 heavy (non-hydrogen) atoms. The highest BCUT2D eigenvalue weighted by atomic mass is 19.4. The highest BCUT2D eigenvalue weighted by molar-refractivity contribution is 5.97. The molecule has 2 aliphatic heterocycles. The van der Waals surface area contributed by atoms with Crippen LogP contribution in [-0.4, -0.2) is 54.5 Å². The zero-order valence-corrected chi connectivity index (χ0v) is 18.0. The Labute approximate surface area is 191 Å². The molecular weight excluding hydrogens is 456 g/mol. The Balaban J connectivity index is 1.42. The summed E-state index contributed by atoms with van der Waals surface area (Å²) >= 11 is 0. The molecule has 178 valence electrons. The van der Waals surface area contributed by atoms with Crippen molar-refractivity contribution < 1.29 is 27.1 Å². The second kappa shape index (κ2) is 8.33. The lowest BCUT2D eigenvalue weighted by molar-refractivity contribution is -0.138. The lowest BCUT2D eigenvalue weighted by Gasteiger charge is -2.49. The van der Waals surface area contributed by atoms with Crippen LogP contribution in [0.15, 0.2) is 36.9 Å². The Morgan fingerprint density at radius 1 is 1.12 bits per heavy atom. The average Bonchev–Trinajstić information content (AvgIpc) is 3.34. The molecule has 3 atom stereocenters. The third-order valence-corrected chi connectivity index (χ3v) is 6.22. The summed E-state index contributed by atoms with van der Waals surface area (Å²) in [5.74, 6) is -1.58. The van der Waals surface area contributed by atoms with E-state index in [9.17, 15) is 22.4 Å². The number of rotatable bonds is 4. The van der Waals surface area contributed by atoms with Crippen molar-refractivity contribution in [3.63, 3.8) is 0 Å². The number of piperidine rings is 2. The van der Waals surface area contributed by atoms with E-state index in [-0.39, 0.29) is 23.7 Å². The molecule has 6 rings (SSSR count). The van der Waals surface area contributed by atoms with Crippen molar-refractivity contribution in [1.29, 1.82) is 0 Å². The molecule has 2 bridgehead atoms. The third kappa shape index (κ3) is 4.08. The minimum absolute atomic E-state index is 0.112. The van der Waals surface area contributed by atoms with Crippen LogP contribution in [0, 0.1) is 18.7 Å². The molecular formula is C22H20F4N6O2. The molecule has 3 aromatic rings. The Morgan fingerprint density at radius 2 is 1.88 bits per heavy atom. The van der Waals surface area contributed by atoms with Crippen LogP contribution in [0.3, 0.4) is 0 Å². The van der Waals surface area contributed by atoms with Crippen LogP contribution in [0.4, 0.5) is 17.6 Å². The summed E-state index contributed by atoms with van der Waals surface area (Å²) in [4.78, 5) is 24.5. The number of amides is 1. The first kappa shape index (κ1) is 22.2. The van der Waals surface area contributed by atoms with Gasteiger partial charge in [-0.3, -0.25) is 4.79 Å². The van der Waals surface area contributed by atoms with Crippen LogP contribution in [0.5, 0.6) is 5.88 Å². The van der Waals surface area contributed by atoms with Crippen LogP contribution < -0.4 is 4.74 Å². The summed E-state index contributed by atoms with van der Waals surface area (Å²) in [6, 6.07) is 1.69. The topological polar surface area (TPSA) is 86.0 Å². The molecule has 0 spiro atoms. The van der Waals surface area contributed by atoms with Gasteiger partial charge in [-0.1, -0.05) is 0 Å². The van der Waals surface area contributed by atoms with Crippen LogP contribution >= 0.6 is 0 Å². The number of halogens is 4. The van der Waals surface area contributed by atoms with E-state index in [2.05, 4.69) is 20.2 Å². The fraction of sp³-hybridized carbons (Fsp3) is 0.409. The van der Waals surface area contributed by atoms with Crippen molar-refractivity contribution in [3.05, 3.63) is 59.4 Å². The first-order valence-corrected chi connectivity index (χ1v) is 10.7. The lowest BCUT2D eigenvalue weighted by Crippen LogP contribution is -2.59. The Bertz CT molecular complexity index is 1220. The van der Waals surface area contributed by atoms with E-state index in [1.807, 2.05) is 6.92 Å². The molecule has 2 saturated heterocycles. The van der Waals surface area contributed by atoms with Gasteiger partial charge in [-0.05, 0) is 49.8 Å². The van der Waals surface area contributed by atoms with Crippen molar-refractivity contribution in [2.75, 3.05) is 6.54 Å². The molecule has 1 aliphatic carbocycles. The number of alkyl halides is 3. The van der Waals surface area contributed by atoms with E-state index in [0.29, 0.717) is 37.2 Å². The lowest BCUT2D eigenvalue weighted by atomic mass is 9.77. The van der Waals surface area contributed by atoms with Gasteiger partial charge in [0.05, 0.1) is 29.6 Å². The minimum atomic E-state index is -4.71. The summed E-state index contributed by atoms with van der Waals surface area (Å²) in [6.45, 7) is 2.31. The monoisotopic (exact) mass is 476 g/mol. The van der Waals surface area contributed by atoms with Gasteiger partial charge in [-0.15, -0.1) is 4.80 Å². The van der Waals surface area contributed by atoms with Crippen molar-refractivity contribution in [2.24, 2.45) is 5.92 Å². The molecule has 1 amide bonds. The fourth-order valence-electron chi connectivity index (χ4n) is 4.66. The number of aromatic nitrogens is 5. The number of carbonyl (C=O) groups is 1. The number of hydrogen-bond donors (Lipinski definition) is 0. The van der Waals surface area contributed by atoms with E-state index >= 15 is 0 Å². The number of pyridine rings is 2. The molecule has 3 aliphatic rings. The highest BCUT2D eigenvalue weighted by Gasteiger charge is 2.45. The van der Waals surface area contributed by atoms with E-state index in [1.54, 1.807) is 17.2 Å². The second-order valence-electron chi connectivity index (χ2n) is 8.57. The molecule has 12 heteroatoms. The second-order valence-corrected chi connectivity index (χ2v) is 8.57. The highest BCUT2D eigenvalue weighted by Crippen LogP contribution is 2.39. The predicted octanol–water partition coefficient (Wildman–Crippen LogP) is 3.60. The zero-order chi connectivity index (χ0) is 24.0. The van der Waals surface area contributed by atoms with Gasteiger partial charge in [0.15, 0.2) is 11.6 Å². The fourth-order valence-corrected chi connectivity index (χ4v) is 4.66. The maximum atomic E-state index is 14.4. The molecule has 3 aromatic heterocycles. The standard InChI is InChI=1S/C22H20F4N6O2/c1-12-6-15(19(27-9-12)32-29-4-5-30-32)21(33)31-11-13-2-3-17(31)18(7-13)34-20-16(23)8-14(10-28-20)22(24,25)26/h4-6,8-10,13,17-18H,2-3,7,11H2,1H3/t13-,17+,18-/m1/s1. The number of fused-ring (bicyclic) bond motifs is 3. The number of carbonyl (C=O) groups excluding carboxylic acids is 1. The molecule has 1 saturated carbocycles. The molecule has 5 heterocycles. The van der Waals surface area contributed by atoms with Gasteiger partial charge in [0.1, 0.15) is 6.10 Å². The van der Waals surface area contributed by atoms with Crippen molar-refractivity contribution in [2.45, 2.75) is 44.5 Å². The number of hydrogen-bond acceptors (Lipinski definition) is 6. The summed E-state index contributed by atoms with van der Waals surface area (Å²) in [6.07, 6.45) is 1.86. The van der Waals surface area contributed by atoms with E-state index in [4.69, 9.17) is 4.74 Å². The summed E-state index contributed by atoms with van der Waals surface area (Å²) in [5, 5.41) is 8.15. The maximum absolute atomic E-state index is 14.4. The summed E-state index contributed by atoms with van der Waals surface area (Å²) in [5.41, 5.74) is -0.0855. The molecule has 0 N–H and O–H groups in total. The van der Waals surface area contributed by atoms with Crippen LogP contribution in [0.1, 0.15) is 40.7 Å². The van der Waals surface area contributed by atoms with Gasteiger partial charge < -0.3 is 9.64 Å². The zero-order valence-electron chi connectivity index (χ0n) is 18.0. The Kier molecular flexibility index (Phi) is 5.45. The van der Waals surface area contributed by atoms with Crippen LogP contribution in [0.25, 0.3) is 5.82 Å². The van der Waals surface area contributed by atoms with Gasteiger partial charge in [0.25, 0.3) is 11.8 Å². The number of nitrogens with zero attached hydrogens (tertiary/aromatic N) is 6. The average molecular weight is 476 g/mol. The minimum Gasteiger partial charge on any atom is -0.470 e. The first-order valence-electron chi connectivity index (χ1n) is 10.7.